The van der Waals surface area contributed by atoms with Crippen LogP contribution >= 0.6 is 0 Å². The average molecular weight is 204 g/mol. The van der Waals surface area contributed by atoms with Gasteiger partial charge in [0, 0.05) is 12.6 Å². The molecule has 0 radical (unpaired) electrons. The molecule has 0 amide bonds. The van der Waals surface area contributed by atoms with Crippen molar-refractivity contribution in [1.82, 2.24) is 4.98 Å². The Morgan fingerprint density at radius 3 is 3.00 bits per heavy atom. The first kappa shape index (κ1) is 8.97. The molecular weight excluding hydrogens is 188 g/mol. The summed E-state index contributed by atoms with van der Waals surface area (Å²) in [5.74, 6) is 8.07. The van der Waals surface area contributed by atoms with Crippen molar-refractivity contribution in [3.8, 4) is 0 Å². The van der Waals surface area contributed by atoms with Crippen LogP contribution in [0.1, 0.15) is 19.3 Å². The number of nitrogens with zero attached hydrogens (tertiary/aromatic N) is 2. The maximum absolute atomic E-state index is 5.36. The molecule has 0 aromatic carbocycles. The number of fused-ring (bicyclic) bond motifs is 2. The number of anilines is 2. The summed E-state index contributed by atoms with van der Waals surface area (Å²) in [6.07, 6.45) is 4.07. The molecule has 2 fully saturated rings. The Hall–Kier alpha value is -1.29. The highest BCUT2D eigenvalue weighted by Gasteiger charge is 2.38. The predicted octanol–water partition coefficient (Wildman–Crippen LogP) is 1.36. The second-order valence-electron chi connectivity index (χ2n) is 4.51. The molecule has 15 heavy (non-hydrogen) atoms. The Balaban J connectivity index is 1.86. The summed E-state index contributed by atoms with van der Waals surface area (Å²) in [6, 6.07) is 6.68. The highest BCUT2D eigenvalue weighted by molar-refractivity contribution is 5.48. The standard InChI is InChI=1S/C11H16N4/c12-14-10-2-1-3-11(13-10)15-7-8-4-5-9(15)6-8/h1-3,8-9H,4-7,12H2,(H,13,14). The SMILES string of the molecule is NNc1cccc(N2CC3CCC2C3)n1. The molecule has 1 aliphatic carbocycles. The van der Waals surface area contributed by atoms with Crippen LogP contribution in [0.15, 0.2) is 18.2 Å². The summed E-state index contributed by atoms with van der Waals surface area (Å²) in [4.78, 5) is 6.91. The summed E-state index contributed by atoms with van der Waals surface area (Å²) in [5, 5.41) is 0. The molecule has 80 valence electrons. The minimum Gasteiger partial charge on any atom is -0.353 e. The van der Waals surface area contributed by atoms with Gasteiger partial charge >= 0.3 is 0 Å². The van der Waals surface area contributed by atoms with E-state index in [1.807, 2.05) is 12.1 Å². The summed E-state index contributed by atoms with van der Waals surface area (Å²) >= 11 is 0. The molecule has 2 unspecified atom stereocenters. The van der Waals surface area contributed by atoms with Crippen molar-refractivity contribution in [1.29, 1.82) is 0 Å². The van der Waals surface area contributed by atoms with Gasteiger partial charge in [-0.2, -0.15) is 0 Å². The zero-order valence-corrected chi connectivity index (χ0v) is 8.69. The Bertz CT molecular complexity index is 365. The minimum absolute atomic E-state index is 0.718. The fourth-order valence-corrected chi connectivity index (χ4v) is 2.87. The van der Waals surface area contributed by atoms with Crippen LogP contribution in [0, 0.1) is 5.92 Å². The molecule has 4 nitrogen and oxygen atoms in total. The van der Waals surface area contributed by atoms with Crippen LogP contribution in [0.3, 0.4) is 0 Å². The quantitative estimate of drug-likeness (QED) is 0.564. The number of nitrogens with two attached hydrogens (primary N) is 1. The number of hydrazine groups is 1. The van der Waals surface area contributed by atoms with E-state index in [2.05, 4.69) is 21.4 Å². The second kappa shape index (κ2) is 3.38. The molecule has 2 aliphatic rings. The first-order valence-corrected chi connectivity index (χ1v) is 5.57. The molecule has 2 atom stereocenters. The number of pyridine rings is 1. The van der Waals surface area contributed by atoms with E-state index in [-0.39, 0.29) is 0 Å². The average Bonchev–Trinajstić information content (AvgIpc) is 2.91. The number of rotatable bonds is 2. The van der Waals surface area contributed by atoms with Gasteiger partial charge in [-0.05, 0) is 37.3 Å². The van der Waals surface area contributed by atoms with Crippen LogP contribution in [0.4, 0.5) is 11.6 Å². The molecule has 3 N–H and O–H groups in total. The summed E-state index contributed by atoms with van der Waals surface area (Å²) < 4.78 is 0. The molecule has 1 aromatic heterocycles. The van der Waals surface area contributed by atoms with E-state index in [0.717, 1.165) is 23.6 Å². The molecule has 0 spiro atoms. The van der Waals surface area contributed by atoms with Crippen molar-refractivity contribution in [2.75, 3.05) is 16.9 Å². The van der Waals surface area contributed by atoms with Gasteiger partial charge in [-0.25, -0.2) is 10.8 Å². The smallest absolute Gasteiger partial charge is 0.142 e. The lowest BCUT2D eigenvalue weighted by Gasteiger charge is -2.28. The van der Waals surface area contributed by atoms with Gasteiger partial charge in [-0.15, -0.1) is 0 Å². The number of hydrogen-bond donors (Lipinski definition) is 2. The highest BCUT2D eigenvalue weighted by atomic mass is 15.3. The van der Waals surface area contributed by atoms with Gasteiger partial charge in [0.05, 0.1) is 0 Å². The number of piperidine rings is 1. The lowest BCUT2D eigenvalue weighted by molar-refractivity contribution is 0.550. The molecule has 1 aromatic rings. The lowest BCUT2D eigenvalue weighted by atomic mass is 10.1. The lowest BCUT2D eigenvalue weighted by Crippen LogP contribution is -2.32. The minimum atomic E-state index is 0.718. The molecular formula is C11H16N4. The number of nitrogen functional groups attached to an aromatic ring is 1. The van der Waals surface area contributed by atoms with E-state index in [1.165, 1.54) is 25.8 Å². The normalized spacial score (nSPS) is 28.5. The van der Waals surface area contributed by atoms with Crippen LogP contribution in [0.25, 0.3) is 0 Å². The van der Waals surface area contributed by atoms with Gasteiger partial charge < -0.3 is 10.3 Å². The molecule has 2 heterocycles. The number of aromatic nitrogens is 1. The van der Waals surface area contributed by atoms with Crippen molar-refractivity contribution in [3.63, 3.8) is 0 Å². The van der Waals surface area contributed by atoms with E-state index < -0.39 is 0 Å². The summed E-state index contributed by atoms with van der Waals surface area (Å²) in [5.41, 5.74) is 2.60. The maximum Gasteiger partial charge on any atom is 0.142 e. The Morgan fingerprint density at radius 2 is 2.33 bits per heavy atom. The molecule has 2 bridgehead atoms. The third-order valence-corrected chi connectivity index (χ3v) is 3.59. The number of nitrogens with one attached hydrogen (secondary N) is 1. The monoisotopic (exact) mass is 204 g/mol. The van der Waals surface area contributed by atoms with E-state index in [1.54, 1.807) is 0 Å². The van der Waals surface area contributed by atoms with Crippen LogP contribution < -0.4 is 16.2 Å². The zero-order valence-electron chi connectivity index (χ0n) is 8.69. The van der Waals surface area contributed by atoms with Gasteiger partial charge in [-0.1, -0.05) is 6.07 Å². The van der Waals surface area contributed by atoms with Gasteiger partial charge in [-0.3, -0.25) is 0 Å². The van der Waals surface area contributed by atoms with Gasteiger partial charge in [0.15, 0.2) is 0 Å². The van der Waals surface area contributed by atoms with Gasteiger partial charge in [0.25, 0.3) is 0 Å². The Labute approximate surface area is 89.4 Å². The highest BCUT2D eigenvalue weighted by Crippen LogP contribution is 2.39. The zero-order chi connectivity index (χ0) is 10.3. The van der Waals surface area contributed by atoms with Crippen LogP contribution in [0.2, 0.25) is 0 Å². The maximum atomic E-state index is 5.36. The van der Waals surface area contributed by atoms with Crippen molar-refractivity contribution >= 4 is 11.6 Å². The van der Waals surface area contributed by atoms with E-state index >= 15 is 0 Å². The van der Waals surface area contributed by atoms with Crippen molar-refractivity contribution in [3.05, 3.63) is 18.2 Å². The third-order valence-electron chi connectivity index (χ3n) is 3.59. The number of hydrogen-bond acceptors (Lipinski definition) is 4. The summed E-state index contributed by atoms with van der Waals surface area (Å²) in [7, 11) is 0. The van der Waals surface area contributed by atoms with Crippen LogP contribution in [-0.2, 0) is 0 Å². The first-order chi connectivity index (χ1) is 7.36. The summed E-state index contributed by atoms with van der Waals surface area (Å²) in [6.45, 7) is 1.17. The molecule has 1 saturated heterocycles. The molecule has 4 heteroatoms. The van der Waals surface area contributed by atoms with Crippen LogP contribution in [-0.4, -0.2) is 17.6 Å². The molecule has 1 saturated carbocycles. The first-order valence-electron chi connectivity index (χ1n) is 5.57. The van der Waals surface area contributed by atoms with E-state index in [4.69, 9.17) is 5.84 Å². The van der Waals surface area contributed by atoms with E-state index in [0.29, 0.717) is 0 Å². The third kappa shape index (κ3) is 1.45. The fraction of sp³-hybridized carbons (Fsp3) is 0.545. The topological polar surface area (TPSA) is 54.2 Å². The second-order valence-corrected chi connectivity index (χ2v) is 4.51. The molecule has 1 aliphatic heterocycles. The largest absolute Gasteiger partial charge is 0.353 e. The van der Waals surface area contributed by atoms with Crippen molar-refractivity contribution in [2.45, 2.75) is 25.3 Å². The van der Waals surface area contributed by atoms with Crippen LogP contribution in [0.5, 0.6) is 0 Å². The Kier molecular flexibility index (Phi) is 2.02. The van der Waals surface area contributed by atoms with Gasteiger partial charge in [0.1, 0.15) is 11.6 Å². The Morgan fingerprint density at radius 1 is 1.40 bits per heavy atom. The van der Waals surface area contributed by atoms with Gasteiger partial charge in [0.2, 0.25) is 0 Å². The molecule has 3 rings (SSSR count). The fourth-order valence-electron chi connectivity index (χ4n) is 2.87. The van der Waals surface area contributed by atoms with Crippen molar-refractivity contribution < 1.29 is 0 Å². The predicted molar refractivity (Wildman–Crippen MR) is 60.5 cm³/mol. The van der Waals surface area contributed by atoms with Crippen molar-refractivity contribution in [2.24, 2.45) is 11.8 Å². The van der Waals surface area contributed by atoms with E-state index in [9.17, 15) is 0 Å².